The monoisotopic (exact) mass is 367 g/mol. The van der Waals surface area contributed by atoms with Gasteiger partial charge in [0, 0.05) is 31.9 Å². The molecule has 0 aliphatic carbocycles. The van der Waals surface area contributed by atoms with Crippen molar-refractivity contribution < 1.29 is 14.6 Å². The Morgan fingerprint density at radius 1 is 1.11 bits per heavy atom. The van der Waals surface area contributed by atoms with Crippen LogP contribution in [-0.2, 0) is 11.2 Å². The molecule has 1 fully saturated rings. The van der Waals surface area contributed by atoms with Crippen LogP contribution in [0.15, 0.2) is 48.5 Å². The van der Waals surface area contributed by atoms with Gasteiger partial charge in [0.15, 0.2) is 0 Å². The van der Waals surface area contributed by atoms with E-state index in [0.29, 0.717) is 13.0 Å². The first kappa shape index (κ1) is 19.6. The molecule has 0 radical (unpaired) electrons. The number of nitrogens with zero attached hydrogens (tertiary/aromatic N) is 1. The van der Waals surface area contributed by atoms with Gasteiger partial charge in [-0.05, 0) is 54.5 Å². The number of carbonyl (C=O) groups excluding carboxylic acids is 1. The van der Waals surface area contributed by atoms with Crippen LogP contribution in [0.1, 0.15) is 42.1 Å². The van der Waals surface area contributed by atoms with Gasteiger partial charge in [-0.2, -0.15) is 0 Å². The summed E-state index contributed by atoms with van der Waals surface area (Å²) in [6.07, 6.45) is 3.88. The molecular formula is C23H29NO3. The maximum absolute atomic E-state index is 12.8. The van der Waals surface area contributed by atoms with Crippen molar-refractivity contribution in [3.8, 4) is 11.1 Å². The summed E-state index contributed by atoms with van der Waals surface area (Å²) in [5.41, 5.74) is 4.05. The van der Waals surface area contributed by atoms with E-state index in [2.05, 4.69) is 19.1 Å². The minimum absolute atomic E-state index is 0.0876. The van der Waals surface area contributed by atoms with E-state index in [-0.39, 0.29) is 18.6 Å². The van der Waals surface area contributed by atoms with Gasteiger partial charge in [-0.1, -0.05) is 43.3 Å². The number of piperidine rings is 1. The second-order valence-electron chi connectivity index (χ2n) is 7.13. The first-order valence-electron chi connectivity index (χ1n) is 9.92. The lowest BCUT2D eigenvalue weighted by Crippen LogP contribution is -2.43. The number of rotatable bonds is 7. The van der Waals surface area contributed by atoms with Crippen molar-refractivity contribution >= 4 is 5.91 Å². The summed E-state index contributed by atoms with van der Waals surface area (Å²) in [5, 5.41) is 9.01. The van der Waals surface area contributed by atoms with Crippen LogP contribution < -0.4 is 0 Å². The van der Waals surface area contributed by atoms with Gasteiger partial charge in [0.2, 0.25) is 0 Å². The molecule has 1 heterocycles. The van der Waals surface area contributed by atoms with Crippen LogP contribution >= 0.6 is 0 Å². The predicted octanol–water partition coefficient (Wildman–Crippen LogP) is 3.92. The largest absolute Gasteiger partial charge is 0.396 e. The van der Waals surface area contributed by atoms with Crippen molar-refractivity contribution in [3.05, 3.63) is 59.7 Å². The third-order valence-corrected chi connectivity index (χ3v) is 5.04. The third-order valence-electron chi connectivity index (χ3n) is 5.04. The Balaban J connectivity index is 1.64. The molecule has 1 saturated heterocycles. The maximum Gasteiger partial charge on any atom is 0.253 e. The molecule has 1 N–H and O–H groups in total. The second kappa shape index (κ2) is 9.67. The molecule has 0 bridgehead atoms. The first-order valence-corrected chi connectivity index (χ1v) is 9.92. The van der Waals surface area contributed by atoms with E-state index in [1.807, 2.05) is 41.3 Å². The summed E-state index contributed by atoms with van der Waals surface area (Å²) in [7, 11) is 0. The molecule has 144 valence electrons. The van der Waals surface area contributed by atoms with Crippen molar-refractivity contribution in [1.29, 1.82) is 0 Å². The van der Waals surface area contributed by atoms with Crippen LogP contribution in [-0.4, -0.2) is 48.3 Å². The molecule has 0 unspecified atom stereocenters. The Hall–Kier alpha value is -2.17. The minimum atomic E-state index is 0.0876. The Morgan fingerprint density at radius 3 is 2.41 bits per heavy atom. The van der Waals surface area contributed by atoms with Crippen LogP contribution in [0.3, 0.4) is 0 Å². The summed E-state index contributed by atoms with van der Waals surface area (Å²) in [4.78, 5) is 14.7. The van der Waals surface area contributed by atoms with Gasteiger partial charge < -0.3 is 14.7 Å². The molecular weight excluding hydrogens is 338 g/mol. The Bertz CT molecular complexity index is 724. The Morgan fingerprint density at radius 2 is 1.78 bits per heavy atom. The summed E-state index contributed by atoms with van der Waals surface area (Å²) >= 11 is 0. The molecule has 0 spiro atoms. The number of aliphatic hydroxyl groups excluding tert-OH is 1. The van der Waals surface area contributed by atoms with Crippen LogP contribution in [0.25, 0.3) is 11.1 Å². The van der Waals surface area contributed by atoms with Crippen molar-refractivity contribution in [2.75, 3.05) is 26.3 Å². The number of benzene rings is 2. The molecule has 1 atom stereocenters. The Kier molecular flexibility index (Phi) is 7.02. The zero-order valence-corrected chi connectivity index (χ0v) is 16.1. The summed E-state index contributed by atoms with van der Waals surface area (Å²) in [5.74, 6) is 0.0876. The summed E-state index contributed by atoms with van der Waals surface area (Å²) in [6, 6.07) is 16.0. The molecule has 2 aromatic carbocycles. The molecule has 3 rings (SSSR count). The fraction of sp³-hybridized carbons (Fsp3) is 0.435. The smallest absolute Gasteiger partial charge is 0.253 e. The highest BCUT2D eigenvalue weighted by Crippen LogP contribution is 2.22. The number of hydrogen-bond donors (Lipinski definition) is 1. The fourth-order valence-corrected chi connectivity index (χ4v) is 3.52. The van der Waals surface area contributed by atoms with Crippen molar-refractivity contribution in [2.24, 2.45) is 0 Å². The average molecular weight is 367 g/mol. The van der Waals surface area contributed by atoms with E-state index in [9.17, 15) is 4.79 Å². The van der Waals surface area contributed by atoms with Crippen LogP contribution in [0.5, 0.6) is 0 Å². The zero-order chi connectivity index (χ0) is 19.1. The predicted molar refractivity (Wildman–Crippen MR) is 108 cm³/mol. The highest BCUT2D eigenvalue weighted by atomic mass is 16.5. The first-order chi connectivity index (χ1) is 13.2. The second-order valence-corrected chi connectivity index (χ2v) is 7.13. The van der Waals surface area contributed by atoms with E-state index >= 15 is 0 Å². The van der Waals surface area contributed by atoms with E-state index in [1.54, 1.807) is 0 Å². The van der Waals surface area contributed by atoms with Gasteiger partial charge in [0.1, 0.15) is 0 Å². The van der Waals surface area contributed by atoms with Gasteiger partial charge in [-0.25, -0.2) is 0 Å². The number of hydrogen-bond acceptors (Lipinski definition) is 3. The van der Waals surface area contributed by atoms with E-state index in [1.165, 1.54) is 0 Å². The highest BCUT2D eigenvalue weighted by Gasteiger charge is 2.24. The molecule has 0 saturated carbocycles. The summed E-state index contributed by atoms with van der Waals surface area (Å²) in [6.45, 7) is 4.52. The number of carbonyl (C=O) groups is 1. The van der Waals surface area contributed by atoms with E-state index in [4.69, 9.17) is 9.84 Å². The normalized spacial score (nSPS) is 17.1. The fourth-order valence-electron chi connectivity index (χ4n) is 3.52. The van der Waals surface area contributed by atoms with E-state index in [0.717, 1.165) is 54.7 Å². The van der Waals surface area contributed by atoms with Crippen molar-refractivity contribution in [1.82, 2.24) is 4.90 Å². The molecule has 1 amide bonds. The highest BCUT2D eigenvalue weighted by molar-refractivity contribution is 5.94. The molecule has 1 aliphatic heterocycles. The number of amides is 1. The topological polar surface area (TPSA) is 49.8 Å². The lowest BCUT2D eigenvalue weighted by molar-refractivity contribution is 0.00211. The number of likely N-dealkylation sites (tertiary alicyclic amines) is 1. The lowest BCUT2D eigenvalue weighted by Gasteiger charge is -2.32. The van der Waals surface area contributed by atoms with Crippen LogP contribution in [0, 0.1) is 0 Å². The van der Waals surface area contributed by atoms with Gasteiger partial charge >= 0.3 is 0 Å². The van der Waals surface area contributed by atoms with Gasteiger partial charge in [0.05, 0.1) is 6.10 Å². The third kappa shape index (κ3) is 5.18. The molecule has 0 aromatic heterocycles. The molecule has 4 nitrogen and oxygen atoms in total. The van der Waals surface area contributed by atoms with Crippen molar-refractivity contribution in [2.45, 2.75) is 38.7 Å². The molecule has 1 aliphatic rings. The van der Waals surface area contributed by atoms with Crippen LogP contribution in [0.4, 0.5) is 0 Å². The quantitative estimate of drug-likeness (QED) is 0.807. The summed E-state index contributed by atoms with van der Waals surface area (Å²) < 4.78 is 5.84. The van der Waals surface area contributed by atoms with Gasteiger partial charge in [-0.15, -0.1) is 0 Å². The molecule has 27 heavy (non-hydrogen) atoms. The van der Waals surface area contributed by atoms with E-state index < -0.39 is 0 Å². The average Bonchev–Trinajstić information content (AvgIpc) is 2.73. The molecule has 2 aromatic rings. The number of ether oxygens (including phenoxy) is 1. The standard InChI is InChI=1S/C23H29NO3/c1-2-16-27-22-4-3-14-24(17-22)23(26)21-11-9-20(10-12-21)19-7-5-18(6-8-19)13-15-25/h5-12,22,25H,2-4,13-17H2,1H3/t22-/m1/s1. The van der Waals surface area contributed by atoms with Gasteiger partial charge in [-0.3, -0.25) is 4.79 Å². The minimum Gasteiger partial charge on any atom is -0.396 e. The zero-order valence-electron chi connectivity index (χ0n) is 16.1. The Labute approximate surface area is 161 Å². The maximum atomic E-state index is 12.8. The van der Waals surface area contributed by atoms with Crippen LogP contribution in [0.2, 0.25) is 0 Å². The van der Waals surface area contributed by atoms with Gasteiger partial charge in [0.25, 0.3) is 5.91 Å². The van der Waals surface area contributed by atoms with Crippen molar-refractivity contribution in [3.63, 3.8) is 0 Å². The SMILES string of the molecule is CCCO[C@@H]1CCCN(C(=O)c2ccc(-c3ccc(CCO)cc3)cc2)C1. The lowest BCUT2D eigenvalue weighted by atomic mass is 10.0. The number of aliphatic hydroxyl groups is 1. The molecule has 4 heteroatoms.